The van der Waals surface area contributed by atoms with E-state index in [-0.39, 0.29) is 22.4 Å². The van der Waals surface area contributed by atoms with Crippen molar-refractivity contribution >= 4 is 0 Å². The molecule has 1 nitrogen and oxygen atoms in total. The Morgan fingerprint density at radius 2 is 1.25 bits per heavy atom. The van der Waals surface area contributed by atoms with Crippen molar-refractivity contribution in [2.24, 2.45) is 0 Å². The van der Waals surface area contributed by atoms with Gasteiger partial charge in [-0.25, -0.2) is 13.2 Å². The predicted molar refractivity (Wildman–Crippen MR) is 88.5 cm³/mol. The van der Waals surface area contributed by atoms with Crippen LogP contribution in [-0.4, -0.2) is 7.11 Å². The van der Waals surface area contributed by atoms with E-state index in [2.05, 4.69) is 0 Å². The first-order chi connectivity index (χ1) is 11.5. The van der Waals surface area contributed by atoms with Gasteiger partial charge in [0.1, 0.15) is 0 Å². The molecular formula is C20H15F3O. The number of hydrogen-bond acceptors (Lipinski definition) is 1. The third-order valence-electron chi connectivity index (χ3n) is 3.91. The summed E-state index contributed by atoms with van der Waals surface area (Å²) in [4.78, 5) is 0. The lowest BCUT2D eigenvalue weighted by Crippen LogP contribution is -1.95. The van der Waals surface area contributed by atoms with Crippen LogP contribution in [0, 0.1) is 24.4 Å². The van der Waals surface area contributed by atoms with E-state index in [0.29, 0.717) is 5.56 Å². The van der Waals surface area contributed by atoms with Gasteiger partial charge in [-0.05, 0) is 30.2 Å². The van der Waals surface area contributed by atoms with Gasteiger partial charge < -0.3 is 4.74 Å². The highest BCUT2D eigenvalue weighted by molar-refractivity contribution is 5.72. The smallest absolute Gasteiger partial charge is 0.167 e. The molecule has 0 radical (unpaired) electrons. The Morgan fingerprint density at radius 1 is 0.708 bits per heavy atom. The largest absolute Gasteiger partial charge is 0.494 e. The zero-order valence-corrected chi connectivity index (χ0v) is 13.2. The predicted octanol–water partition coefficient (Wildman–Crippen LogP) is 5.75. The molecule has 3 rings (SSSR count). The molecular weight excluding hydrogens is 313 g/mol. The van der Waals surface area contributed by atoms with Crippen molar-refractivity contribution in [3.63, 3.8) is 0 Å². The fraction of sp³-hybridized carbons (Fsp3) is 0.100. The van der Waals surface area contributed by atoms with E-state index < -0.39 is 17.5 Å². The molecule has 3 aromatic carbocycles. The lowest BCUT2D eigenvalue weighted by Gasteiger charge is -2.10. The maximum absolute atomic E-state index is 14.5. The van der Waals surface area contributed by atoms with Gasteiger partial charge in [-0.3, -0.25) is 0 Å². The Morgan fingerprint density at radius 3 is 1.79 bits per heavy atom. The van der Waals surface area contributed by atoms with E-state index >= 15 is 0 Å². The number of halogens is 3. The molecule has 0 amide bonds. The van der Waals surface area contributed by atoms with E-state index in [4.69, 9.17) is 4.74 Å². The minimum atomic E-state index is -1.00. The molecule has 0 saturated heterocycles. The van der Waals surface area contributed by atoms with E-state index in [9.17, 15) is 13.2 Å². The highest BCUT2D eigenvalue weighted by Gasteiger charge is 2.17. The van der Waals surface area contributed by atoms with Gasteiger partial charge in [-0.2, -0.15) is 0 Å². The normalized spacial score (nSPS) is 10.7. The Balaban J connectivity index is 2.07. The molecule has 0 bridgehead atoms. The summed E-state index contributed by atoms with van der Waals surface area (Å²) >= 11 is 0. The molecule has 0 atom stereocenters. The number of hydrogen-bond donors (Lipinski definition) is 0. The molecule has 0 spiro atoms. The van der Waals surface area contributed by atoms with Gasteiger partial charge in [0.05, 0.1) is 7.11 Å². The highest BCUT2D eigenvalue weighted by atomic mass is 19.2. The second kappa shape index (κ2) is 6.40. The topological polar surface area (TPSA) is 9.23 Å². The molecule has 4 heteroatoms. The van der Waals surface area contributed by atoms with Crippen molar-refractivity contribution in [2.75, 3.05) is 7.11 Å². The third kappa shape index (κ3) is 2.87. The van der Waals surface area contributed by atoms with Gasteiger partial charge in [-0.1, -0.05) is 48.0 Å². The summed E-state index contributed by atoms with van der Waals surface area (Å²) in [5.41, 5.74) is 2.05. The van der Waals surface area contributed by atoms with Gasteiger partial charge in [0.15, 0.2) is 23.2 Å². The van der Waals surface area contributed by atoms with Crippen molar-refractivity contribution in [3.05, 3.63) is 77.6 Å². The van der Waals surface area contributed by atoms with E-state index in [0.717, 1.165) is 11.6 Å². The summed E-state index contributed by atoms with van der Waals surface area (Å²) in [6.45, 7) is 1.92. The van der Waals surface area contributed by atoms with Crippen LogP contribution in [0.5, 0.6) is 5.75 Å². The van der Waals surface area contributed by atoms with Crippen LogP contribution in [0.2, 0.25) is 0 Å². The Hall–Kier alpha value is -2.75. The molecule has 24 heavy (non-hydrogen) atoms. The summed E-state index contributed by atoms with van der Waals surface area (Å²) in [7, 11) is 1.34. The zero-order chi connectivity index (χ0) is 17.3. The van der Waals surface area contributed by atoms with Crippen molar-refractivity contribution in [1.29, 1.82) is 0 Å². The van der Waals surface area contributed by atoms with Crippen LogP contribution < -0.4 is 4.74 Å². The summed E-state index contributed by atoms with van der Waals surface area (Å²) in [6.07, 6.45) is 0. The van der Waals surface area contributed by atoms with Crippen LogP contribution in [0.25, 0.3) is 22.3 Å². The maximum atomic E-state index is 14.5. The lowest BCUT2D eigenvalue weighted by atomic mass is 9.98. The van der Waals surface area contributed by atoms with Crippen molar-refractivity contribution in [3.8, 4) is 28.0 Å². The van der Waals surface area contributed by atoms with Crippen LogP contribution >= 0.6 is 0 Å². The van der Waals surface area contributed by atoms with Crippen LogP contribution in [0.3, 0.4) is 0 Å². The van der Waals surface area contributed by atoms with Crippen LogP contribution in [0.15, 0.2) is 54.6 Å². The molecule has 122 valence electrons. The average molecular weight is 328 g/mol. The third-order valence-corrected chi connectivity index (χ3v) is 3.91. The van der Waals surface area contributed by atoms with Gasteiger partial charge in [-0.15, -0.1) is 0 Å². The Kier molecular flexibility index (Phi) is 4.30. The van der Waals surface area contributed by atoms with Crippen molar-refractivity contribution < 1.29 is 17.9 Å². The number of methoxy groups -OCH3 is 1. The Bertz CT molecular complexity index is 886. The number of ether oxygens (including phenoxy) is 1. The summed E-state index contributed by atoms with van der Waals surface area (Å²) < 4.78 is 47.6. The second-order valence-corrected chi connectivity index (χ2v) is 5.50. The first-order valence-electron chi connectivity index (χ1n) is 7.40. The SMILES string of the molecule is COc1ccc(-c2ccc(-c3ccc(C)cc3)c(F)c2F)cc1F. The van der Waals surface area contributed by atoms with Crippen LogP contribution in [-0.2, 0) is 0 Å². The van der Waals surface area contributed by atoms with Gasteiger partial charge in [0.2, 0.25) is 0 Å². The van der Waals surface area contributed by atoms with Crippen molar-refractivity contribution in [1.82, 2.24) is 0 Å². The van der Waals surface area contributed by atoms with Gasteiger partial charge in [0, 0.05) is 11.1 Å². The summed E-state index contributed by atoms with van der Waals surface area (Å²) in [5.74, 6) is -2.53. The van der Waals surface area contributed by atoms with E-state index in [1.807, 2.05) is 19.1 Å². The zero-order valence-electron chi connectivity index (χ0n) is 13.2. The standard InChI is InChI=1S/C20H15F3O/c1-12-3-5-13(6-4-12)15-8-9-16(20(23)19(15)22)14-7-10-18(24-2)17(21)11-14/h3-11H,1-2H3. The molecule has 0 aliphatic rings. The first kappa shape index (κ1) is 16.1. The molecule has 0 fully saturated rings. The van der Waals surface area contributed by atoms with E-state index in [1.165, 1.54) is 31.4 Å². The fourth-order valence-corrected chi connectivity index (χ4v) is 2.56. The minimum absolute atomic E-state index is 0.00455. The molecule has 0 aromatic heterocycles. The quantitative estimate of drug-likeness (QED) is 0.594. The van der Waals surface area contributed by atoms with Gasteiger partial charge in [0.25, 0.3) is 0 Å². The molecule has 0 unspecified atom stereocenters. The summed E-state index contributed by atoms with van der Waals surface area (Å²) in [5, 5.41) is 0. The number of rotatable bonds is 3. The monoisotopic (exact) mass is 328 g/mol. The molecule has 0 aliphatic carbocycles. The lowest BCUT2D eigenvalue weighted by molar-refractivity contribution is 0.386. The second-order valence-electron chi connectivity index (χ2n) is 5.50. The molecule has 0 heterocycles. The van der Waals surface area contributed by atoms with Gasteiger partial charge >= 0.3 is 0 Å². The average Bonchev–Trinajstić information content (AvgIpc) is 2.58. The highest BCUT2D eigenvalue weighted by Crippen LogP contribution is 2.33. The van der Waals surface area contributed by atoms with Crippen LogP contribution in [0.4, 0.5) is 13.2 Å². The van der Waals surface area contributed by atoms with E-state index in [1.54, 1.807) is 12.1 Å². The van der Waals surface area contributed by atoms with Crippen LogP contribution in [0.1, 0.15) is 5.56 Å². The molecule has 3 aromatic rings. The minimum Gasteiger partial charge on any atom is -0.494 e. The molecule has 0 aliphatic heterocycles. The number of benzene rings is 3. The number of aryl methyl sites for hydroxylation is 1. The van der Waals surface area contributed by atoms with Crippen molar-refractivity contribution in [2.45, 2.75) is 6.92 Å². The summed E-state index contributed by atoms with van der Waals surface area (Å²) in [6, 6.07) is 14.1. The maximum Gasteiger partial charge on any atom is 0.167 e. The first-order valence-corrected chi connectivity index (χ1v) is 7.40. The molecule has 0 saturated carbocycles. The Labute approximate surface area is 138 Å². The fourth-order valence-electron chi connectivity index (χ4n) is 2.56. The molecule has 0 N–H and O–H groups in total.